The van der Waals surface area contributed by atoms with Gasteiger partial charge in [-0.1, -0.05) is 19.8 Å². The molecule has 1 heterocycles. The third-order valence-corrected chi connectivity index (χ3v) is 4.23. The Morgan fingerprint density at radius 2 is 2.08 bits per heavy atom. The van der Waals surface area contributed by atoms with Gasteiger partial charge >= 0.3 is 0 Å². The predicted molar refractivity (Wildman–Crippen MR) is 55.6 cm³/mol. The number of carbonyl (C=O) groups is 1. The molecule has 1 amide bonds. The third kappa shape index (κ3) is 1.71. The number of rotatable bonds is 1. The van der Waals surface area contributed by atoms with Gasteiger partial charge < -0.3 is 4.90 Å². The first kappa shape index (κ1) is 9.38. The highest BCUT2D eigenvalue weighted by atomic mass is 32.2. The lowest BCUT2D eigenvalue weighted by molar-refractivity contribution is -0.139. The maximum Gasteiger partial charge on any atom is 0.229 e. The van der Waals surface area contributed by atoms with Gasteiger partial charge in [0.25, 0.3) is 0 Å². The predicted octanol–water partition coefficient (Wildman–Crippen LogP) is 2.10. The third-order valence-electron chi connectivity index (χ3n) is 3.26. The molecule has 0 aromatic carbocycles. The Kier molecular flexibility index (Phi) is 2.54. The molecule has 1 aliphatic heterocycles. The summed E-state index contributed by atoms with van der Waals surface area (Å²) in [5.41, 5.74) is -0.00903. The molecule has 74 valence electrons. The van der Waals surface area contributed by atoms with Crippen molar-refractivity contribution in [3.63, 3.8) is 0 Å². The monoisotopic (exact) mass is 199 g/mol. The second-order valence-corrected chi connectivity index (χ2v) is 5.45. The second kappa shape index (κ2) is 3.52. The minimum Gasteiger partial charge on any atom is -0.332 e. The Hall–Kier alpha value is -0.180. The standard InChI is InChI=1S/C10H17NOS/c1-10(4-2-3-5-10)9(12)11-6-7-13-8-11/h2-8H2,1H3. The van der Waals surface area contributed by atoms with E-state index in [-0.39, 0.29) is 5.41 Å². The van der Waals surface area contributed by atoms with Crippen molar-refractivity contribution in [2.24, 2.45) is 5.41 Å². The van der Waals surface area contributed by atoms with Gasteiger partial charge in [0.05, 0.1) is 5.88 Å². The van der Waals surface area contributed by atoms with Gasteiger partial charge in [-0.05, 0) is 12.8 Å². The number of hydrogen-bond acceptors (Lipinski definition) is 2. The van der Waals surface area contributed by atoms with Crippen LogP contribution < -0.4 is 0 Å². The van der Waals surface area contributed by atoms with E-state index in [1.807, 2.05) is 16.7 Å². The van der Waals surface area contributed by atoms with Crippen LogP contribution in [0.4, 0.5) is 0 Å². The maximum absolute atomic E-state index is 12.1. The molecule has 2 aliphatic rings. The van der Waals surface area contributed by atoms with Gasteiger partial charge in [0, 0.05) is 17.7 Å². The molecule has 2 rings (SSSR count). The summed E-state index contributed by atoms with van der Waals surface area (Å²) in [4.78, 5) is 14.1. The second-order valence-electron chi connectivity index (χ2n) is 4.37. The summed E-state index contributed by atoms with van der Waals surface area (Å²) >= 11 is 1.87. The van der Waals surface area contributed by atoms with Crippen molar-refractivity contribution in [3.05, 3.63) is 0 Å². The maximum atomic E-state index is 12.1. The molecule has 1 saturated heterocycles. The topological polar surface area (TPSA) is 20.3 Å². The Bertz CT molecular complexity index is 205. The van der Waals surface area contributed by atoms with Gasteiger partial charge in [0.1, 0.15) is 0 Å². The highest BCUT2D eigenvalue weighted by Gasteiger charge is 2.39. The van der Waals surface area contributed by atoms with Crippen LogP contribution in [-0.4, -0.2) is 29.0 Å². The van der Waals surface area contributed by atoms with Gasteiger partial charge in [-0.15, -0.1) is 11.8 Å². The van der Waals surface area contributed by atoms with Crippen molar-refractivity contribution >= 4 is 17.7 Å². The number of amides is 1. The number of hydrogen-bond donors (Lipinski definition) is 0. The van der Waals surface area contributed by atoms with Crippen LogP contribution in [0, 0.1) is 5.41 Å². The molecular formula is C10H17NOS. The molecule has 0 unspecified atom stereocenters. The van der Waals surface area contributed by atoms with E-state index in [9.17, 15) is 4.79 Å². The van der Waals surface area contributed by atoms with E-state index in [2.05, 4.69) is 6.92 Å². The fourth-order valence-electron chi connectivity index (χ4n) is 2.33. The zero-order valence-corrected chi connectivity index (χ0v) is 9.03. The molecule has 0 atom stereocenters. The van der Waals surface area contributed by atoms with E-state index in [0.717, 1.165) is 31.0 Å². The fraction of sp³-hybridized carbons (Fsp3) is 0.900. The molecular weight excluding hydrogens is 182 g/mol. The van der Waals surface area contributed by atoms with Crippen molar-refractivity contribution < 1.29 is 4.79 Å². The first-order valence-electron chi connectivity index (χ1n) is 5.09. The van der Waals surface area contributed by atoms with Gasteiger partial charge in [0.15, 0.2) is 0 Å². The summed E-state index contributed by atoms with van der Waals surface area (Å²) in [5.74, 6) is 2.46. The molecule has 3 heteroatoms. The smallest absolute Gasteiger partial charge is 0.229 e. The first-order chi connectivity index (χ1) is 6.22. The van der Waals surface area contributed by atoms with E-state index >= 15 is 0 Å². The van der Waals surface area contributed by atoms with E-state index in [4.69, 9.17) is 0 Å². The summed E-state index contributed by atoms with van der Waals surface area (Å²) in [6.07, 6.45) is 4.69. The van der Waals surface area contributed by atoms with E-state index in [0.29, 0.717) is 5.91 Å². The lowest BCUT2D eigenvalue weighted by Gasteiger charge is -2.27. The average Bonchev–Trinajstić information content (AvgIpc) is 2.73. The van der Waals surface area contributed by atoms with Crippen LogP contribution in [0.3, 0.4) is 0 Å². The Morgan fingerprint density at radius 1 is 1.38 bits per heavy atom. The van der Waals surface area contributed by atoms with Gasteiger partial charge in [-0.2, -0.15) is 0 Å². The SMILES string of the molecule is CC1(C(=O)N2CCSC2)CCCC1. The molecule has 13 heavy (non-hydrogen) atoms. The van der Waals surface area contributed by atoms with Crippen LogP contribution in [-0.2, 0) is 4.79 Å². The summed E-state index contributed by atoms with van der Waals surface area (Å²) in [6, 6.07) is 0. The molecule has 0 aromatic heterocycles. The van der Waals surface area contributed by atoms with Crippen molar-refractivity contribution in [2.45, 2.75) is 32.6 Å². The zero-order valence-electron chi connectivity index (χ0n) is 8.21. The van der Waals surface area contributed by atoms with Crippen molar-refractivity contribution in [1.29, 1.82) is 0 Å². The summed E-state index contributed by atoms with van der Waals surface area (Å²) in [7, 11) is 0. The highest BCUT2D eigenvalue weighted by molar-refractivity contribution is 7.99. The quantitative estimate of drug-likeness (QED) is 0.644. The molecule has 2 nitrogen and oxygen atoms in total. The Labute approximate surface area is 84.1 Å². The van der Waals surface area contributed by atoms with Crippen LogP contribution in [0.25, 0.3) is 0 Å². The van der Waals surface area contributed by atoms with Crippen LogP contribution in [0.2, 0.25) is 0 Å². The van der Waals surface area contributed by atoms with Crippen LogP contribution in [0.1, 0.15) is 32.6 Å². The number of nitrogens with zero attached hydrogens (tertiary/aromatic N) is 1. The van der Waals surface area contributed by atoms with Crippen molar-refractivity contribution in [3.8, 4) is 0 Å². The zero-order chi connectivity index (χ0) is 9.31. The molecule has 0 spiro atoms. The normalized spacial score (nSPS) is 26.7. The van der Waals surface area contributed by atoms with Crippen LogP contribution >= 0.6 is 11.8 Å². The van der Waals surface area contributed by atoms with E-state index in [1.54, 1.807) is 0 Å². The molecule has 2 fully saturated rings. The van der Waals surface area contributed by atoms with Gasteiger partial charge in [-0.25, -0.2) is 0 Å². The molecule has 0 bridgehead atoms. The molecule has 0 radical (unpaired) electrons. The lowest BCUT2D eigenvalue weighted by Crippen LogP contribution is -2.39. The summed E-state index contributed by atoms with van der Waals surface area (Å²) in [6.45, 7) is 3.12. The minimum absolute atomic E-state index is 0.00903. The number of carbonyl (C=O) groups excluding carboxylic acids is 1. The molecule has 0 aromatic rings. The minimum atomic E-state index is -0.00903. The van der Waals surface area contributed by atoms with Crippen LogP contribution in [0.5, 0.6) is 0 Å². The summed E-state index contributed by atoms with van der Waals surface area (Å²) < 4.78 is 0. The molecule has 1 aliphatic carbocycles. The summed E-state index contributed by atoms with van der Waals surface area (Å²) in [5, 5.41) is 0. The van der Waals surface area contributed by atoms with Gasteiger partial charge in [-0.3, -0.25) is 4.79 Å². The van der Waals surface area contributed by atoms with Crippen molar-refractivity contribution in [2.75, 3.05) is 18.2 Å². The van der Waals surface area contributed by atoms with Crippen LogP contribution in [0.15, 0.2) is 0 Å². The van der Waals surface area contributed by atoms with E-state index in [1.165, 1.54) is 12.8 Å². The number of thioether (sulfide) groups is 1. The lowest BCUT2D eigenvalue weighted by atomic mass is 9.87. The van der Waals surface area contributed by atoms with E-state index < -0.39 is 0 Å². The van der Waals surface area contributed by atoms with Gasteiger partial charge in [0.2, 0.25) is 5.91 Å². The fourth-order valence-corrected chi connectivity index (χ4v) is 3.27. The first-order valence-corrected chi connectivity index (χ1v) is 6.25. The Balaban J connectivity index is 2.02. The highest BCUT2D eigenvalue weighted by Crippen LogP contribution is 2.39. The Morgan fingerprint density at radius 3 is 2.62 bits per heavy atom. The van der Waals surface area contributed by atoms with Crippen molar-refractivity contribution in [1.82, 2.24) is 4.90 Å². The average molecular weight is 199 g/mol. The molecule has 1 saturated carbocycles. The molecule has 0 N–H and O–H groups in total. The largest absolute Gasteiger partial charge is 0.332 e.